The summed E-state index contributed by atoms with van der Waals surface area (Å²) < 4.78 is 18.4. The van der Waals surface area contributed by atoms with Crippen molar-refractivity contribution < 1.29 is 18.8 Å². The van der Waals surface area contributed by atoms with Gasteiger partial charge in [0.25, 0.3) is 0 Å². The molecular formula is C20H26FN3O3. The van der Waals surface area contributed by atoms with E-state index in [-0.39, 0.29) is 11.9 Å². The molecule has 0 atom stereocenters. The van der Waals surface area contributed by atoms with E-state index in [0.29, 0.717) is 25.6 Å². The van der Waals surface area contributed by atoms with Gasteiger partial charge in [-0.25, -0.2) is 9.18 Å². The summed E-state index contributed by atoms with van der Waals surface area (Å²) in [4.78, 5) is 21.0. The van der Waals surface area contributed by atoms with E-state index in [1.165, 1.54) is 17.0 Å². The van der Waals surface area contributed by atoms with Crippen molar-refractivity contribution in [1.29, 1.82) is 0 Å². The highest BCUT2D eigenvalue weighted by Gasteiger charge is 2.28. The number of halogens is 1. The van der Waals surface area contributed by atoms with Crippen LogP contribution in [0, 0.1) is 5.82 Å². The van der Waals surface area contributed by atoms with Crippen LogP contribution in [0.1, 0.15) is 50.8 Å². The first kappa shape index (κ1) is 19.2. The van der Waals surface area contributed by atoms with Gasteiger partial charge < -0.3 is 14.5 Å². The number of ether oxygens (including phenoxy) is 1. The highest BCUT2D eigenvalue weighted by molar-refractivity contribution is 5.68. The molecule has 146 valence electrons. The molecule has 1 aliphatic heterocycles. The number of hydrogen-bond acceptors (Lipinski definition) is 4. The average Bonchev–Trinajstić information content (AvgIpc) is 3.09. The summed E-state index contributed by atoms with van der Waals surface area (Å²) in [5, 5.41) is 4.48. The molecule has 1 aromatic heterocycles. The summed E-state index contributed by atoms with van der Waals surface area (Å²) in [5.41, 5.74) is 1.35. The van der Waals surface area contributed by atoms with Gasteiger partial charge in [0, 0.05) is 19.0 Å². The van der Waals surface area contributed by atoms with Gasteiger partial charge in [-0.1, -0.05) is 12.1 Å². The molecule has 0 N–H and O–H groups in total. The molecule has 0 radical (unpaired) electrons. The highest BCUT2D eigenvalue weighted by Crippen LogP contribution is 2.27. The van der Waals surface area contributed by atoms with Crippen LogP contribution in [0.5, 0.6) is 0 Å². The van der Waals surface area contributed by atoms with Gasteiger partial charge in [0.15, 0.2) is 0 Å². The number of benzene rings is 1. The van der Waals surface area contributed by atoms with Crippen LogP contribution in [0.2, 0.25) is 0 Å². The summed E-state index contributed by atoms with van der Waals surface area (Å²) in [6, 6.07) is 8.13. The van der Waals surface area contributed by atoms with Crippen molar-refractivity contribution in [2.45, 2.75) is 51.7 Å². The third kappa shape index (κ3) is 5.45. The first-order valence-corrected chi connectivity index (χ1v) is 9.21. The summed E-state index contributed by atoms with van der Waals surface area (Å²) in [5.74, 6) is 0.0252. The lowest BCUT2D eigenvalue weighted by Crippen LogP contribution is -2.41. The Kier molecular flexibility index (Phi) is 5.68. The molecule has 0 bridgehead atoms. The third-order valence-corrected chi connectivity index (χ3v) is 4.43. The van der Waals surface area contributed by atoms with E-state index >= 15 is 0 Å². The monoisotopic (exact) mass is 375 g/mol. The Morgan fingerprint density at radius 2 is 1.85 bits per heavy atom. The van der Waals surface area contributed by atoms with E-state index in [0.717, 1.165) is 24.1 Å². The zero-order valence-corrected chi connectivity index (χ0v) is 16.0. The van der Waals surface area contributed by atoms with Gasteiger partial charge in [0.05, 0.1) is 11.9 Å². The van der Waals surface area contributed by atoms with Crippen molar-refractivity contribution in [2.75, 3.05) is 13.1 Å². The minimum atomic E-state index is -0.478. The van der Waals surface area contributed by atoms with Crippen LogP contribution in [0.25, 0.3) is 0 Å². The second-order valence-corrected chi connectivity index (χ2v) is 7.78. The lowest BCUT2D eigenvalue weighted by molar-refractivity contribution is 0.0202. The predicted molar refractivity (Wildman–Crippen MR) is 98.7 cm³/mol. The smallest absolute Gasteiger partial charge is 0.410 e. The molecular weight excluding hydrogens is 349 g/mol. The van der Waals surface area contributed by atoms with Gasteiger partial charge in [0.2, 0.25) is 0 Å². The largest absolute Gasteiger partial charge is 0.444 e. The number of carbonyl (C=O) groups excluding carboxylic acids is 1. The molecule has 27 heavy (non-hydrogen) atoms. The quantitative estimate of drug-likeness (QED) is 0.816. The van der Waals surface area contributed by atoms with Crippen LogP contribution < -0.4 is 4.84 Å². The molecule has 1 saturated heterocycles. The van der Waals surface area contributed by atoms with E-state index in [4.69, 9.17) is 9.57 Å². The van der Waals surface area contributed by atoms with Crippen molar-refractivity contribution >= 4 is 6.09 Å². The SMILES string of the molecule is CC(C)(C)OC(=O)N1CCC(c2ccn(OCc3ccc(F)cc3)n2)CC1. The fraction of sp³-hybridized carbons (Fsp3) is 0.500. The molecule has 7 heteroatoms. The minimum Gasteiger partial charge on any atom is -0.444 e. The Morgan fingerprint density at radius 3 is 2.48 bits per heavy atom. The zero-order chi connectivity index (χ0) is 19.4. The third-order valence-electron chi connectivity index (χ3n) is 4.43. The molecule has 6 nitrogen and oxygen atoms in total. The molecule has 2 heterocycles. The number of hydrogen-bond donors (Lipinski definition) is 0. The fourth-order valence-corrected chi connectivity index (χ4v) is 3.02. The molecule has 0 spiro atoms. The van der Waals surface area contributed by atoms with Crippen molar-refractivity contribution in [3.8, 4) is 0 Å². The van der Waals surface area contributed by atoms with E-state index in [1.54, 1.807) is 23.2 Å². The van der Waals surface area contributed by atoms with E-state index < -0.39 is 5.60 Å². The van der Waals surface area contributed by atoms with Crippen LogP contribution in [-0.2, 0) is 11.3 Å². The summed E-state index contributed by atoms with van der Waals surface area (Å²) >= 11 is 0. The molecule has 0 unspecified atom stereocenters. The molecule has 0 saturated carbocycles. The Labute approximate surface area is 158 Å². The number of nitrogens with zero attached hydrogens (tertiary/aromatic N) is 3. The molecule has 0 aliphatic carbocycles. The maximum atomic E-state index is 12.9. The van der Waals surface area contributed by atoms with Crippen LogP contribution in [0.3, 0.4) is 0 Å². The Bertz CT molecular complexity index is 760. The van der Waals surface area contributed by atoms with E-state index in [1.807, 2.05) is 26.8 Å². The second kappa shape index (κ2) is 7.98. The molecule has 1 amide bonds. The molecule has 2 aromatic rings. The van der Waals surface area contributed by atoms with Gasteiger partial charge in [-0.2, -0.15) is 0 Å². The predicted octanol–water partition coefficient (Wildman–Crippen LogP) is 3.77. The highest BCUT2D eigenvalue weighted by atomic mass is 19.1. The van der Waals surface area contributed by atoms with Crippen molar-refractivity contribution in [3.63, 3.8) is 0 Å². The van der Waals surface area contributed by atoms with Crippen molar-refractivity contribution in [3.05, 3.63) is 53.6 Å². The lowest BCUT2D eigenvalue weighted by atomic mass is 9.94. The van der Waals surface area contributed by atoms with Gasteiger partial charge in [-0.05, 0) is 57.4 Å². The van der Waals surface area contributed by atoms with Gasteiger partial charge >= 0.3 is 6.09 Å². The maximum absolute atomic E-state index is 12.9. The van der Waals surface area contributed by atoms with Crippen LogP contribution >= 0.6 is 0 Å². The maximum Gasteiger partial charge on any atom is 0.410 e. The number of rotatable bonds is 4. The van der Waals surface area contributed by atoms with Crippen molar-refractivity contribution in [1.82, 2.24) is 14.8 Å². The number of carbonyl (C=O) groups is 1. The number of likely N-dealkylation sites (tertiary alicyclic amines) is 1. The fourth-order valence-electron chi connectivity index (χ4n) is 3.02. The molecule has 1 aliphatic rings. The molecule has 1 fully saturated rings. The number of piperidine rings is 1. The van der Waals surface area contributed by atoms with Crippen LogP contribution in [-0.4, -0.2) is 39.6 Å². The Hall–Kier alpha value is -2.57. The van der Waals surface area contributed by atoms with Crippen LogP contribution in [0.15, 0.2) is 36.5 Å². The summed E-state index contributed by atoms with van der Waals surface area (Å²) in [6.45, 7) is 7.24. The minimum absolute atomic E-state index is 0.255. The second-order valence-electron chi connectivity index (χ2n) is 7.78. The first-order valence-electron chi connectivity index (χ1n) is 9.21. The Balaban J connectivity index is 1.49. The standard InChI is InChI=1S/C20H26FN3O3/c1-20(2,3)27-19(25)23-11-8-16(9-12-23)18-10-13-24(22-18)26-14-15-4-6-17(21)7-5-15/h4-7,10,13,16H,8-9,11-12,14H2,1-3H3. The van der Waals surface area contributed by atoms with Crippen LogP contribution in [0.4, 0.5) is 9.18 Å². The first-order chi connectivity index (χ1) is 12.8. The van der Waals surface area contributed by atoms with E-state index in [9.17, 15) is 9.18 Å². The summed E-state index contributed by atoms with van der Waals surface area (Å²) in [6.07, 6.45) is 3.20. The van der Waals surface area contributed by atoms with Gasteiger partial charge in [0.1, 0.15) is 18.0 Å². The number of aromatic nitrogens is 2. The molecule has 1 aromatic carbocycles. The number of amides is 1. The Morgan fingerprint density at radius 1 is 1.19 bits per heavy atom. The zero-order valence-electron chi connectivity index (χ0n) is 16.0. The normalized spacial score (nSPS) is 15.6. The van der Waals surface area contributed by atoms with E-state index in [2.05, 4.69) is 5.10 Å². The molecule has 3 rings (SSSR count). The van der Waals surface area contributed by atoms with Crippen molar-refractivity contribution in [2.24, 2.45) is 0 Å². The van der Waals surface area contributed by atoms with Gasteiger partial charge in [-0.15, -0.1) is 9.94 Å². The summed E-state index contributed by atoms with van der Waals surface area (Å²) in [7, 11) is 0. The van der Waals surface area contributed by atoms with Gasteiger partial charge in [-0.3, -0.25) is 0 Å². The lowest BCUT2D eigenvalue weighted by Gasteiger charge is -2.32. The average molecular weight is 375 g/mol. The topological polar surface area (TPSA) is 56.6 Å².